The van der Waals surface area contributed by atoms with E-state index in [1.807, 2.05) is 12.1 Å². The largest absolute Gasteiger partial charge is 0.384 e. The molecule has 0 aromatic heterocycles. The van der Waals surface area contributed by atoms with Crippen LogP contribution < -0.4 is 16.4 Å². The number of anilines is 1. The summed E-state index contributed by atoms with van der Waals surface area (Å²) in [4.78, 5) is 22.3. The van der Waals surface area contributed by atoms with Gasteiger partial charge in [0.15, 0.2) is 0 Å². The van der Waals surface area contributed by atoms with E-state index >= 15 is 0 Å². The van der Waals surface area contributed by atoms with Gasteiger partial charge in [-0.2, -0.15) is 0 Å². The third-order valence-electron chi connectivity index (χ3n) is 2.74. The first-order valence-electron chi connectivity index (χ1n) is 5.60. The van der Waals surface area contributed by atoms with E-state index in [0.717, 1.165) is 18.7 Å². The average molecular weight is 233 g/mol. The summed E-state index contributed by atoms with van der Waals surface area (Å²) in [5.74, 6) is -0.594. The molecule has 90 valence electrons. The molecule has 1 aromatic carbocycles. The van der Waals surface area contributed by atoms with Crippen LogP contribution in [0.2, 0.25) is 0 Å². The number of fused-ring (bicyclic) bond motifs is 1. The predicted molar refractivity (Wildman–Crippen MR) is 64.8 cm³/mol. The van der Waals surface area contributed by atoms with E-state index < -0.39 is 5.91 Å². The van der Waals surface area contributed by atoms with Gasteiger partial charge in [0, 0.05) is 30.8 Å². The van der Waals surface area contributed by atoms with Crippen molar-refractivity contribution in [1.82, 2.24) is 5.32 Å². The minimum atomic E-state index is -0.416. The minimum Gasteiger partial charge on any atom is -0.384 e. The maximum atomic E-state index is 11.7. The van der Waals surface area contributed by atoms with E-state index in [1.54, 1.807) is 6.07 Å². The van der Waals surface area contributed by atoms with E-state index in [9.17, 15) is 9.59 Å². The Kier molecular flexibility index (Phi) is 3.27. The van der Waals surface area contributed by atoms with Gasteiger partial charge in [0.2, 0.25) is 5.91 Å². The quantitative estimate of drug-likeness (QED) is 0.697. The average Bonchev–Trinajstić information content (AvgIpc) is 2.75. The van der Waals surface area contributed by atoms with Crippen LogP contribution in [0.25, 0.3) is 0 Å². The summed E-state index contributed by atoms with van der Waals surface area (Å²) in [5, 5.41) is 5.87. The van der Waals surface area contributed by atoms with Crippen molar-refractivity contribution in [3.63, 3.8) is 0 Å². The fraction of sp³-hybridized carbons (Fsp3) is 0.333. The number of rotatable bonds is 4. The van der Waals surface area contributed by atoms with Gasteiger partial charge in [0.25, 0.3) is 5.91 Å². The van der Waals surface area contributed by atoms with Crippen LogP contribution in [0.15, 0.2) is 18.2 Å². The van der Waals surface area contributed by atoms with Gasteiger partial charge < -0.3 is 16.4 Å². The first kappa shape index (κ1) is 11.4. The molecule has 0 bridgehead atoms. The molecule has 1 aromatic rings. The van der Waals surface area contributed by atoms with Gasteiger partial charge in [-0.05, 0) is 24.1 Å². The zero-order valence-corrected chi connectivity index (χ0v) is 9.45. The SMILES string of the molecule is NC(=O)CCNC(=O)c1ccc2c(c1)NCC2. The number of primary amides is 1. The molecule has 2 rings (SSSR count). The lowest BCUT2D eigenvalue weighted by Gasteiger charge is -2.06. The molecule has 0 spiro atoms. The molecular weight excluding hydrogens is 218 g/mol. The number of hydrogen-bond acceptors (Lipinski definition) is 3. The highest BCUT2D eigenvalue weighted by Gasteiger charge is 2.13. The molecule has 1 aliphatic rings. The molecule has 5 nitrogen and oxygen atoms in total. The van der Waals surface area contributed by atoms with Crippen molar-refractivity contribution in [3.05, 3.63) is 29.3 Å². The summed E-state index contributed by atoms with van der Waals surface area (Å²) in [6, 6.07) is 5.59. The minimum absolute atomic E-state index is 0.162. The molecular formula is C12H15N3O2. The smallest absolute Gasteiger partial charge is 0.251 e. The normalized spacial score (nSPS) is 12.7. The number of carbonyl (C=O) groups is 2. The Bertz CT molecular complexity index is 457. The van der Waals surface area contributed by atoms with E-state index in [0.29, 0.717) is 5.56 Å². The third kappa shape index (κ3) is 2.75. The number of benzene rings is 1. The molecule has 17 heavy (non-hydrogen) atoms. The van der Waals surface area contributed by atoms with E-state index in [2.05, 4.69) is 10.6 Å². The Balaban J connectivity index is 1.97. The Morgan fingerprint density at radius 2 is 2.24 bits per heavy atom. The first-order chi connectivity index (χ1) is 8.16. The van der Waals surface area contributed by atoms with Crippen molar-refractivity contribution in [2.45, 2.75) is 12.8 Å². The Morgan fingerprint density at radius 1 is 1.41 bits per heavy atom. The summed E-state index contributed by atoms with van der Waals surface area (Å²) >= 11 is 0. The molecule has 0 fully saturated rings. The van der Waals surface area contributed by atoms with Crippen LogP contribution in [-0.2, 0) is 11.2 Å². The summed E-state index contributed by atoms with van der Waals surface area (Å²) in [5.41, 5.74) is 7.85. The maximum absolute atomic E-state index is 11.7. The highest BCUT2D eigenvalue weighted by molar-refractivity contribution is 5.95. The van der Waals surface area contributed by atoms with Gasteiger partial charge in [-0.3, -0.25) is 9.59 Å². The molecule has 0 unspecified atom stereocenters. The van der Waals surface area contributed by atoms with Crippen molar-refractivity contribution < 1.29 is 9.59 Å². The van der Waals surface area contributed by atoms with Crippen molar-refractivity contribution in [3.8, 4) is 0 Å². The molecule has 1 heterocycles. The number of nitrogens with one attached hydrogen (secondary N) is 2. The van der Waals surface area contributed by atoms with Gasteiger partial charge in [0.1, 0.15) is 0 Å². The fourth-order valence-corrected chi connectivity index (χ4v) is 1.83. The zero-order valence-electron chi connectivity index (χ0n) is 9.45. The van der Waals surface area contributed by atoms with E-state index in [-0.39, 0.29) is 18.9 Å². The zero-order chi connectivity index (χ0) is 12.3. The van der Waals surface area contributed by atoms with E-state index in [1.165, 1.54) is 5.56 Å². The Hall–Kier alpha value is -2.04. The van der Waals surface area contributed by atoms with E-state index in [4.69, 9.17) is 5.73 Å². The molecule has 5 heteroatoms. The van der Waals surface area contributed by atoms with Gasteiger partial charge in [-0.25, -0.2) is 0 Å². The van der Waals surface area contributed by atoms with Crippen LogP contribution in [-0.4, -0.2) is 24.9 Å². The lowest BCUT2D eigenvalue weighted by Crippen LogP contribution is -2.27. The van der Waals surface area contributed by atoms with Crippen molar-refractivity contribution in [1.29, 1.82) is 0 Å². The second-order valence-electron chi connectivity index (χ2n) is 4.02. The molecule has 0 saturated heterocycles. The van der Waals surface area contributed by atoms with Crippen LogP contribution in [0.1, 0.15) is 22.3 Å². The van der Waals surface area contributed by atoms with Gasteiger partial charge >= 0.3 is 0 Å². The van der Waals surface area contributed by atoms with Crippen LogP contribution >= 0.6 is 0 Å². The van der Waals surface area contributed by atoms with Crippen LogP contribution in [0.4, 0.5) is 5.69 Å². The van der Waals surface area contributed by atoms with Crippen molar-refractivity contribution in [2.75, 3.05) is 18.4 Å². The molecule has 0 atom stereocenters. The summed E-state index contributed by atoms with van der Waals surface area (Å²) in [7, 11) is 0. The van der Waals surface area contributed by atoms with Gasteiger partial charge in [-0.15, -0.1) is 0 Å². The molecule has 0 aliphatic carbocycles. The summed E-state index contributed by atoms with van der Waals surface area (Å²) < 4.78 is 0. The van der Waals surface area contributed by atoms with Gasteiger partial charge in [-0.1, -0.05) is 6.07 Å². The third-order valence-corrected chi connectivity index (χ3v) is 2.74. The first-order valence-corrected chi connectivity index (χ1v) is 5.60. The topological polar surface area (TPSA) is 84.2 Å². The molecule has 2 amide bonds. The second kappa shape index (κ2) is 4.86. The van der Waals surface area contributed by atoms with Gasteiger partial charge in [0.05, 0.1) is 0 Å². The predicted octanol–water partition coefficient (Wildman–Crippen LogP) is 0.260. The Morgan fingerprint density at radius 3 is 3.00 bits per heavy atom. The summed E-state index contributed by atoms with van der Waals surface area (Å²) in [6.07, 6.45) is 1.16. The second-order valence-corrected chi connectivity index (χ2v) is 4.02. The fourth-order valence-electron chi connectivity index (χ4n) is 1.83. The standard InChI is InChI=1S/C12H15N3O2/c13-11(16)4-6-15-12(17)9-2-1-8-3-5-14-10(8)7-9/h1-2,7,14H,3-6H2,(H2,13,16)(H,15,17). The number of amides is 2. The van der Waals surface area contributed by atoms with Crippen LogP contribution in [0.5, 0.6) is 0 Å². The monoisotopic (exact) mass is 233 g/mol. The number of nitrogens with two attached hydrogens (primary N) is 1. The van der Waals surface area contributed by atoms with Crippen LogP contribution in [0.3, 0.4) is 0 Å². The Labute approximate surface area is 99.4 Å². The lowest BCUT2D eigenvalue weighted by molar-refractivity contribution is -0.117. The molecule has 1 aliphatic heterocycles. The van der Waals surface area contributed by atoms with Crippen molar-refractivity contribution in [2.24, 2.45) is 5.73 Å². The van der Waals surface area contributed by atoms with Crippen LogP contribution in [0, 0.1) is 0 Å². The molecule has 0 saturated carbocycles. The highest BCUT2D eigenvalue weighted by Crippen LogP contribution is 2.22. The highest BCUT2D eigenvalue weighted by atomic mass is 16.2. The lowest BCUT2D eigenvalue weighted by atomic mass is 10.1. The number of carbonyl (C=O) groups excluding carboxylic acids is 2. The molecule has 4 N–H and O–H groups in total. The number of hydrogen-bond donors (Lipinski definition) is 3. The van der Waals surface area contributed by atoms with Crippen molar-refractivity contribution >= 4 is 17.5 Å². The molecule has 0 radical (unpaired) electrons. The maximum Gasteiger partial charge on any atom is 0.251 e. The summed E-state index contributed by atoms with van der Waals surface area (Å²) in [6.45, 7) is 1.20.